The molecule has 2 unspecified atom stereocenters. The van der Waals surface area contributed by atoms with Gasteiger partial charge < -0.3 is 9.47 Å². The topological polar surface area (TPSA) is 81.7 Å². The van der Waals surface area contributed by atoms with Gasteiger partial charge in [-0.05, 0) is 43.2 Å². The maximum atomic E-state index is 12.5. The van der Waals surface area contributed by atoms with Crippen molar-refractivity contribution in [3.05, 3.63) is 24.3 Å². The molecule has 130 valence electrons. The first-order valence-electron chi connectivity index (χ1n) is 8.44. The van der Waals surface area contributed by atoms with Gasteiger partial charge in [0.2, 0.25) is 15.9 Å². The molecule has 4 atom stereocenters. The van der Waals surface area contributed by atoms with E-state index in [2.05, 4.69) is 4.72 Å². The Balaban J connectivity index is 1.35. The lowest BCUT2D eigenvalue weighted by molar-refractivity contribution is -0.121. The zero-order valence-corrected chi connectivity index (χ0v) is 14.1. The zero-order chi connectivity index (χ0) is 16.7. The van der Waals surface area contributed by atoms with Crippen LogP contribution in [0.1, 0.15) is 32.1 Å². The van der Waals surface area contributed by atoms with Gasteiger partial charge in [0, 0.05) is 0 Å². The van der Waals surface area contributed by atoms with Crippen molar-refractivity contribution in [2.45, 2.75) is 43.5 Å². The maximum absolute atomic E-state index is 12.5. The lowest BCUT2D eigenvalue weighted by Crippen LogP contribution is -2.43. The number of sulfonamides is 1. The molecule has 7 heteroatoms. The molecule has 1 N–H and O–H groups in total. The molecule has 3 aliphatic rings. The average molecular weight is 351 g/mol. The molecular formula is C17H21NO5S. The van der Waals surface area contributed by atoms with Crippen LogP contribution < -0.4 is 14.2 Å². The van der Waals surface area contributed by atoms with Crippen LogP contribution in [0, 0.1) is 11.8 Å². The van der Waals surface area contributed by atoms with Crippen molar-refractivity contribution in [1.82, 2.24) is 4.72 Å². The highest BCUT2D eigenvalue weighted by atomic mass is 32.2. The molecule has 4 rings (SSSR count). The van der Waals surface area contributed by atoms with Gasteiger partial charge in [0.25, 0.3) is 0 Å². The maximum Gasteiger partial charge on any atom is 0.238 e. The molecule has 2 fully saturated rings. The molecule has 0 aromatic heterocycles. The summed E-state index contributed by atoms with van der Waals surface area (Å²) >= 11 is 0. The van der Waals surface area contributed by atoms with Crippen molar-refractivity contribution in [1.29, 1.82) is 0 Å². The molecule has 6 nitrogen and oxygen atoms in total. The number of hydrogen-bond acceptors (Lipinski definition) is 5. The van der Waals surface area contributed by atoms with Gasteiger partial charge in [0.15, 0.2) is 11.5 Å². The molecule has 2 saturated carbocycles. The summed E-state index contributed by atoms with van der Waals surface area (Å²) in [5.41, 5.74) is 0. The summed E-state index contributed by atoms with van der Waals surface area (Å²) in [4.78, 5) is 12.2. The third-order valence-electron chi connectivity index (χ3n) is 5.31. The number of carbonyl (C=O) groups excluding carboxylic acids is 1. The Morgan fingerprint density at radius 1 is 1.17 bits per heavy atom. The molecule has 0 radical (unpaired) electrons. The van der Waals surface area contributed by atoms with Gasteiger partial charge in [-0.3, -0.25) is 9.52 Å². The smallest absolute Gasteiger partial charge is 0.238 e. The minimum Gasteiger partial charge on any atom is -0.486 e. The number of rotatable bonds is 4. The number of nitrogens with one attached hydrogen (secondary N) is 1. The molecule has 1 amide bonds. The third-order valence-corrected chi connectivity index (χ3v) is 7.20. The Morgan fingerprint density at radius 3 is 2.67 bits per heavy atom. The van der Waals surface area contributed by atoms with Gasteiger partial charge in [0.1, 0.15) is 12.7 Å². The van der Waals surface area contributed by atoms with Crippen LogP contribution in [0.25, 0.3) is 0 Å². The summed E-state index contributed by atoms with van der Waals surface area (Å²) in [5, 5.41) is -0.413. The second-order valence-electron chi connectivity index (χ2n) is 6.99. The van der Waals surface area contributed by atoms with Crippen molar-refractivity contribution in [2.75, 3.05) is 6.61 Å². The number of hydrogen-bond donors (Lipinski definition) is 1. The highest BCUT2D eigenvalue weighted by Crippen LogP contribution is 2.47. The Labute approximate surface area is 141 Å². The van der Waals surface area contributed by atoms with E-state index >= 15 is 0 Å². The van der Waals surface area contributed by atoms with E-state index in [1.807, 2.05) is 12.1 Å². The minimum absolute atomic E-state index is 0.0334. The Kier molecular flexibility index (Phi) is 3.90. The molecule has 1 heterocycles. The molecular weight excluding hydrogens is 330 g/mol. The van der Waals surface area contributed by atoms with E-state index in [-0.39, 0.29) is 18.9 Å². The summed E-state index contributed by atoms with van der Waals surface area (Å²) in [6, 6.07) is 7.23. The normalized spacial score (nSPS) is 31.0. The lowest BCUT2D eigenvalue weighted by atomic mass is 10.0. The van der Waals surface area contributed by atoms with Crippen LogP contribution in [-0.2, 0) is 14.8 Å². The zero-order valence-electron chi connectivity index (χ0n) is 13.3. The van der Waals surface area contributed by atoms with Crippen molar-refractivity contribution in [2.24, 2.45) is 11.8 Å². The molecule has 1 aromatic rings. The predicted molar refractivity (Wildman–Crippen MR) is 87.3 cm³/mol. The predicted octanol–water partition coefficient (Wildman–Crippen LogP) is 1.85. The first-order valence-corrected chi connectivity index (χ1v) is 9.99. The fourth-order valence-corrected chi connectivity index (χ4v) is 6.04. The second kappa shape index (κ2) is 5.95. The van der Waals surface area contributed by atoms with Crippen LogP contribution in [-0.4, -0.2) is 32.3 Å². The molecule has 1 aliphatic heterocycles. The van der Waals surface area contributed by atoms with E-state index in [1.165, 1.54) is 0 Å². The van der Waals surface area contributed by atoms with Crippen LogP contribution in [0.5, 0.6) is 11.5 Å². The quantitative estimate of drug-likeness (QED) is 0.895. The van der Waals surface area contributed by atoms with E-state index in [9.17, 15) is 13.2 Å². The van der Waals surface area contributed by atoms with Crippen molar-refractivity contribution >= 4 is 15.9 Å². The van der Waals surface area contributed by atoms with Crippen LogP contribution in [0.3, 0.4) is 0 Å². The number of amides is 1. The monoisotopic (exact) mass is 351 g/mol. The number of fused-ring (bicyclic) bond motifs is 3. The lowest BCUT2D eigenvalue weighted by Gasteiger charge is -2.26. The fraction of sp³-hybridized carbons (Fsp3) is 0.588. The second-order valence-corrected chi connectivity index (χ2v) is 8.88. The van der Waals surface area contributed by atoms with Gasteiger partial charge in [-0.2, -0.15) is 0 Å². The highest BCUT2D eigenvalue weighted by Gasteiger charge is 2.46. The number of para-hydroxylation sites is 2. The largest absolute Gasteiger partial charge is 0.486 e. The summed E-state index contributed by atoms with van der Waals surface area (Å²) < 4.78 is 38.5. The number of benzene rings is 1. The molecule has 2 aliphatic carbocycles. The van der Waals surface area contributed by atoms with Crippen LogP contribution >= 0.6 is 0 Å². The van der Waals surface area contributed by atoms with E-state index in [0.717, 1.165) is 19.3 Å². The Hall–Kier alpha value is -1.76. The van der Waals surface area contributed by atoms with Gasteiger partial charge in [-0.25, -0.2) is 8.42 Å². The van der Waals surface area contributed by atoms with Crippen LogP contribution in [0.2, 0.25) is 0 Å². The summed E-state index contributed by atoms with van der Waals surface area (Å²) in [5.74, 6) is 1.42. The summed E-state index contributed by atoms with van der Waals surface area (Å²) in [7, 11) is -3.60. The van der Waals surface area contributed by atoms with Crippen LogP contribution in [0.15, 0.2) is 24.3 Å². The third kappa shape index (κ3) is 2.97. The van der Waals surface area contributed by atoms with Crippen molar-refractivity contribution in [3.8, 4) is 11.5 Å². The Bertz CT molecular complexity index is 747. The van der Waals surface area contributed by atoms with E-state index < -0.39 is 27.3 Å². The van der Waals surface area contributed by atoms with Gasteiger partial charge in [-0.15, -0.1) is 0 Å². The fourth-order valence-electron chi connectivity index (χ4n) is 4.21. The molecule has 24 heavy (non-hydrogen) atoms. The summed E-state index contributed by atoms with van der Waals surface area (Å²) in [6.45, 7) is 0.235. The van der Waals surface area contributed by atoms with E-state index in [4.69, 9.17) is 9.47 Å². The summed E-state index contributed by atoms with van der Waals surface area (Å²) in [6.07, 6.45) is 3.24. The minimum atomic E-state index is -3.60. The SMILES string of the molecule is O=C(CC1COc2ccccc2O1)NS(=O)(=O)C1C[C@@H]2CC[C@H]1C2. The standard InChI is InChI=1S/C17H21NO5S/c19-17(9-13-10-22-14-3-1-2-4-15(14)23-13)18-24(20,21)16-8-11-5-6-12(16)7-11/h1-4,11-13,16H,5-10H2,(H,18,19)/t11-,12+,13?,16?/m1/s1. The van der Waals surface area contributed by atoms with Crippen molar-refractivity contribution in [3.63, 3.8) is 0 Å². The molecule has 0 saturated heterocycles. The first-order chi connectivity index (χ1) is 11.5. The highest BCUT2D eigenvalue weighted by molar-refractivity contribution is 7.90. The number of carbonyl (C=O) groups is 1. The van der Waals surface area contributed by atoms with Gasteiger partial charge >= 0.3 is 0 Å². The van der Waals surface area contributed by atoms with Gasteiger partial charge in [-0.1, -0.05) is 18.6 Å². The van der Waals surface area contributed by atoms with E-state index in [0.29, 0.717) is 23.8 Å². The number of ether oxygens (including phenoxy) is 2. The molecule has 0 spiro atoms. The van der Waals surface area contributed by atoms with Crippen LogP contribution in [0.4, 0.5) is 0 Å². The molecule has 1 aromatic carbocycles. The average Bonchev–Trinajstić information content (AvgIpc) is 3.17. The van der Waals surface area contributed by atoms with E-state index in [1.54, 1.807) is 12.1 Å². The molecule has 2 bridgehead atoms. The Morgan fingerprint density at radius 2 is 1.96 bits per heavy atom. The van der Waals surface area contributed by atoms with Crippen molar-refractivity contribution < 1.29 is 22.7 Å². The van der Waals surface area contributed by atoms with Gasteiger partial charge in [0.05, 0.1) is 11.7 Å². The first kappa shape index (κ1) is 15.7.